The second-order valence-corrected chi connectivity index (χ2v) is 8.87. The lowest BCUT2D eigenvalue weighted by Gasteiger charge is -2.22. The molecule has 0 saturated heterocycles. The molecule has 8 nitrogen and oxygen atoms in total. The number of nitrogens with zero attached hydrogens (tertiary/aromatic N) is 3. The van der Waals surface area contributed by atoms with Crippen molar-refractivity contribution in [1.82, 2.24) is 20.1 Å². The van der Waals surface area contributed by atoms with Gasteiger partial charge >= 0.3 is 0 Å². The number of rotatable bonds is 12. The number of anilines is 2. The van der Waals surface area contributed by atoms with Gasteiger partial charge < -0.3 is 25.2 Å². The lowest BCUT2D eigenvalue weighted by Crippen LogP contribution is -2.36. The molecule has 0 aliphatic rings. The quantitative estimate of drug-likeness (QED) is 0.411. The Labute approximate surface area is 204 Å². The first-order valence-corrected chi connectivity index (χ1v) is 11.9. The molecule has 3 rings (SSSR count). The number of ether oxygens (including phenoxy) is 1. The average Bonchev–Trinajstić information content (AvgIpc) is 3.30. The van der Waals surface area contributed by atoms with Crippen molar-refractivity contribution in [3.63, 3.8) is 0 Å². The topological polar surface area (TPSA) is 86.8 Å². The van der Waals surface area contributed by atoms with Gasteiger partial charge in [-0.3, -0.25) is 9.59 Å². The predicted molar refractivity (Wildman–Crippen MR) is 136 cm³/mol. The number of aromatic nitrogens is 1. The molecule has 0 aliphatic heterocycles. The summed E-state index contributed by atoms with van der Waals surface area (Å²) in [5.41, 5.74) is 2.20. The highest BCUT2D eigenvalue weighted by Gasteiger charge is 2.20. The molecule has 2 amide bonds. The summed E-state index contributed by atoms with van der Waals surface area (Å²) in [6.07, 6.45) is 0.229. The maximum atomic E-state index is 13.3. The Bertz CT molecular complexity index is 1050. The lowest BCUT2D eigenvalue weighted by molar-refractivity contribution is -0.121. The molecule has 0 spiro atoms. The van der Waals surface area contributed by atoms with Crippen molar-refractivity contribution in [2.75, 3.05) is 46.2 Å². The van der Waals surface area contributed by atoms with Crippen LogP contribution in [-0.2, 0) is 11.3 Å². The number of hydrogen-bond donors (Lipinski definition) is 2. The second-order valence-electron chi connectivity index (χ2n) is 8.01. The highest BCUT2D eigenvalue weighted by Crippen LogP contribution is 2.24. The van der Waals surface area contributed by atoms with Crippen molar-refractivity contribution in [2.24, 2.45) is 0 Å². The smallest absolute Gasteiger partial charge is 0.273 e. The molecule has 9 heteroatoms. The van der Waals surface area contributed by atoms with Crippen LogP contribution in [0.25, 0.3) is 0 Å². The fourth-order valence-electron chi connectivity index (χ4n) is 3.19. The van der Waals surface area contributed by atoms with Gasteiger partial charge in [-0.15, -0.1) is 11.3 Å². The number of methoxy groups -OCH3 is 1. The Balaban J connectivity index is 1.65. The Hall–Kier alpha value is -3.43. The van der Waals surface area contributed by atoms with Crippen LogP contribution in [0.4, 0.5) is 10.8 Å². The first-order valence-electron chi connectivity index (χ1n) is 11.1. The van der Waals surface area contributed by atoms with Crippen molar-refractivity contribution in [3.05, 3.63) is 71.2 Å². The van der Waals surface area contributed by atoms with Crippen LogP contribution in [0.3, 0.4) is 0 Å². The van der Waals surface area contributed by atoms with Gasteiger partial charge in [-0.25, -0.2) is 4.98 Å². The van der Waals surface area contributed by atoms with Crippen molar-refractivity contribution in [3.8, 4) is 5.75 Å². The van der Waals surface area contributed by atoms with E-state index in [2.05, 4.69) is 15.6 Å². The third-order valence-electron chi connectivity index (χ3n) is 5.06. The Morgan fingerprint density at radius 2 is 1.76 bits per heavy atom. The monoisotopic (exact) mass is 481 g/mol. The molecule has 0 radical (unpaired) electrons. The zero-order valence-corrected chi connectivity index (χ0v) is 20.6. The summed E-state index contributed by atoms with van der Waals surface area (Å²) >= 11 is 1.36. The molecule has 0 atom stereocenters. The largest absolute Gasteiger partial charge is 0.497 e. The van der Waals surface area contributed by atoms with Gasteiger partial charge in [-0.05, 0) is 43.9 Å². The third-order valence-corrected chi connectivity index (χ3v) is 5.82. The second kappa shape index (κ2) is 12.7. The van der Waals surface area contributed by atoms with E-state index in [0.29, 0.717) is 30.5 Å². The van der Waals surface area contributed by atoms with Crippen LogP contribution in [0.15, 0.2) is 60.0 Å². The number of nitrogens with one attached hydrogen (secondary N) is 2. The molecule has 2 N–H and O–H groups in total. The number of carbonyl (C=O) groups is 2. The molecule has 1 heterocycles. The maximum absolute atomic E-state index is 13.3. The number of thiazole rings is 1. The SMILES string of the molecule is COc1ccc(Nc2nc(C(=O)N(CCC(=O)NCCN(C)C)Cc3ccccc3)cs2)cc1. The van der Waals surface area contributed by atoms with Gasteiger partial charge in [0.05, 0.1) is 7.11 Å². The summed E-state index contributed by atoms with van der Waals surface area (Å²) in [4.78, 5) is 33.8. The molecule has 0 aliphatic carbocycles. The van der Waals surface area contributed by atoms with Crippen LogP contribution in [0, 0.1) is 0 Å². The van der Waals surface area contributed by atoms with Crippen LogP contribution in [-0.4, -0.2) is 67.4 Å². The van der Waals surface area contributed by atoms with Crippen molar-refractivity contribution < 1.29 is 14.3 Å². The Morgan fingerprint density at radius 1 is 1.03 bits per heavy atom. The highest BCUT2D eigenvalue weighted by atomic mass is 32.1. The minimum Gasteiger partial charge on any atom is -0.497 e. The third kappa shape index (κ3) is 7.86. The first-order chi connectivity index (χ1) is 16.4. The molecule has 0 bridgehead atoms. The Kier molecular flexibility index (Phi) is 9.42. The van der Waals surface area contributed by atoms with E-state index in [9.17, 15) is 9.59 Å². The summed E-state index contributed by atoms with van der Waals surface area (Å²) in [5.74, 6) is 0.486. The molecular formula is C25H31N5O3S. The normalized spacial score (nSPS) is 10.7. The van der Waals surface area contributed by atoms with Crippen LogP contribution < -0.4 is 15.4 Å². The van der Waals surface area contributed by atoms with Crippen LogP contribution in [0.5, 0.6) is 5.75 Å². The summed E-state index contributed by atoms with van der Waals surface area (Å²) < 4.78 is 5.18. The molecule has 180 valence electrons. The highest BCUT2D eigenvalue weighted by molar-refractivity contribution is 7.14. The molecule has 2 aromatic carbocycles. The molecule has 0 saturated carbocycles. The number of hydrogen-bond acceptors (Lipinski definition) is 7. The molecule has 0 fully saturated rings. The van der Waals surface area contributed by atoms with Gasteiger partial charge in [0.25, 0.3) is 5.91 Å². The fraction of sp³-hybridized carbons (Fsp3) is 0.320. The molecule has 1 aromatic heterocycles. The predicted octanol–water partition coefficient (Wildman–Crippen LogP) is 3.61. The summed E-state index contributed by atoms with van der Waals surface area (Å²) in [5, 5.41) is 8.47. The van der Waals surface area contributed by atoms with Crippen LogP contribution >= 0.6 is 11.3 Å². The number of benzene rings is 2. The van der Waals surface area contributed by atoms with Crippen molar-refractivity contribution in [2.45, 2.75) is 13.0 Å². The van der Waals surface area contributed by atoms with Gasteiger partial charge in [-0.1, -0.05) is 30.3 Å². The fourth-order valence-corrected chi connectivity index (χ4v) is 3.89. The van der Waals surface area contributed by atoms with Crippen LogP contribution in [0.2, 0.25) is 0 Å². The van der Waals surface area contributed by atoms with E-state index in [4.69, 9.17) is 4.74 Å². The molecule has 0 unspecified atom stereocenters. The number of carbonyl (C=O) groups excluding carboxylic acids is 2. The lowest BCUT2D eigenvalue weighted by atomic mass is 10.2. The van der Waals surface area contributed by atoms with Gasteiger partial charge in [0, 0.05) is 43.7 Å². The van der Waals surface area contributed by atoms with E-state index < -0.39 is 0 Å². The van der Waals surface area contributed by atoms with E-state index in [-0.39, 0.29) is 18.2 Å². The zero-order valence-electron chi connectivity index (χ0n) is 19.8. The number of likely N-dealkylation sites (N-methyl/N-ethyl adjacent to an activating group) is 1. The van der Waals surface area contributed by atoms with Crippen LogP contribution in [0.1, 0.15) is 22.5 Å². The standard InChI is InChI=1S/C25H31N5O3S/c1-29(2)16-14-26-23(31)13-15-30(17-19-7-5-4-6-8-19)24(32)22-18-34-25(28-22)27-20-9-11-21(33-3)12-10-20/h4-12,18H,13-17H2,1-3H3,(H,26,31)(H,27,28). The van der Waals surface area contributed by atoms with E-state index in [1.54, 1.807) is 17.4 Å². The van der Waals surface area contributed by atoms with Crippen molar-refractivity contribution in [1.29, 1.82) is 0 Å². The minimum atomic E-state index is -0.205. The molecular weight excluding hydrogens is 450 g/mol. The van der Waals surface area contributed by atoms with E-state index in [1.165, 1.54) is 11.3 Å². The summed E-state index contributed by atoms with van der Waals surface area (Å²) in [6, 6.07) is 17.2. The molecule has 3 aromatic rings. The number of amides is 2. The van der Waals surface area contributed by atoms with E-state index in [1.807, 2.05) is 73.6 Å². The van der Waals surface area contributed by atoms with Gasteiger partial charge in [0.15, 0.2) is 5.13 Å². The van der Waals surface area contributed by atoms with Crippen molar-refractivity contribution >= 4 is 34.0 Å². The maximum Gasteiger partial charge on any atom is 0.273 e. The van der Waals surface area contributed by atoms with Gasteiger partial charge in [0.2, 0.25) is 5.91 Å². The van der Waals surface area contributed by atoms with Gasteiger partial charge in [-0.2, -0.15) is 0 Å². The first kappa shape index (κ1) is 25.2. The Morgan fingerprint density at radius 3 is 2.44 bits per heavy atom. The van der Waals surface area contributed by atoms with E-state index in [0.717, 1.165) is 23.5 Å². The summed E-state index contributed by atoms with van der Waals surface area (Å²) in [7, 11) is 5.53. The average molecular weight is 482 g/mol. The molecule has 34 heavy (non-hydrogen) atoms. The zero-order chi connectivity index (χ0) is 24.3. The minimum absolute atomic E-state index is 0.0761. The van der Waals surface area contributed by atoms with E-state index >= 15 is 0 Å². The van der Waals surface area contributed by atoms with Gasteiger partial charge in [0.1, 0.15) is 11.4 Å². The summed E-state index contributed by atoms with van der Waals surface area (Å²) in [6.45, 7) is 2.05.